The second kappa shape index (κ2) is 4.73. The summed E-state index contributed by atoms with van der Waals surface area (Å²) in [5.41, 5.74) is 0. The van der Waals surface area contributed by atoms with Gasteiger partial charge >= 0.3 is 0 Å². The number of aromatic nitrogens is 6. The molecule has 0 aliphatic rings. The average molecular weight is 259 g/mol. The Morgan fingerprint density at radius 1 is 1.32 bits per heavy atom. The zero-order valence-electron chi connectivity index (χ0n) is 10.7. The number of rotatable bonds is 4. The molecular formula is C11H13N7O. The van der Waals surface area contributed by atoms with Gasteiger partial charge < -0.3 is 4.42 Å². The lowest BCUT2D eigenvalue weighted by molar-refractivity contribution is 0.273. The zero-order valence-corrected chi connectivity index (χ0v) is 10.7. The van der Waals surface area contributed by atoms with Crippen LogP contribution < -0.4 is 0 Å². The Kier molecular flexibility index (Phi) is 2.92. The summed E-state index contributed by atoms with van der Waals surface area (Å²) < 4.78 is 6.98. The Labute approximate surface area is 109 Å². The number of aryl methyl sites for hydroxylation is 1. The molecule has 19 heavy (non-hydrogen) atoms. The lowest BCUT2D eigenvalue weighted by Gasteiger charge is -2.10. The molecule has 0 radical (unpaired) electrons. The SMILES string of the molecule is Cc1nnc(CN(C)Cc2nc3ncccn3n2)o1. The molecule has 8 nitrogen and oxygen atoms in total. The van der Waals surface area contributed by atoms with E-state index in [9.17, 15) is 0 Å². The van der Waals surface area contributed by atoms with Crippen molar-refractivity contribution in [1.29, 1.82) is 0 Å². The summed E-state index contributed by atoms with van der Waals surface area (Å²) in [5, 5.41) is 12.1. The zero-order chi connectivity index (χ0) is 13.2. The highest BCUT2D eigenvalue weighted by molar-refractivity contribution is 5.24. The van der Waals surface area contributed by atoms with Crippen LogP contribution in [0.4, 0.5) is 0 Å². The lowest BCUT2D eigenvalue weighted by Crippen LogP contribution is -2.18. The van der Waals surface area contributed by atoms with Gasteiger partial charge in [0.25, 0.3) is 5.78 Å². The van der Waals surface area contributed by atoms with Crippen molar-refractivity contribution >= 4 is 5.78 Å². The van der Waals surface area contributed by atoms with E-state index in [2.05, 4.69) is 25.3 Å². The Hall–Kier alpha value is -2.35. The Bertz CT molecular complexity index is 656. The molecule has 0 saturated heterocycles. The van der Waals surface area contributed by atoms with Crippen LogP contribution in [0, 0.1) is 6.92 Å². The van der Waals surface area contributed by atoms with Gasteiger partial charge in [0.2, 0.25) is 11.8 Å². The van der Waals surface area contributed by atoms with Gasteiger partial charge in [-0.3, -0.25) is 4.90 Å². The quantitative estimate of drug-likeness (QED) is 0.672. The van der Waals surface area contributed by atoms with E-state index in [-0.39, 0.29) is 0 Å². The molecule has 98 valence electrons. The number of fused-ring (bicyclic) bond motifs is 1. The molecule has 0 fully saturated rings. The van der Waals surface area contributed by atoms with E-state index in [0.29, 0.717) is 36.5 Å². The second-order valence-electron chi connectivity index (χ2n) is 4.28. The van der Waals surface area contributed by atoms with Gasteiger partial charge in [-0.25, -0.2) is 9.50 Å². The van der Waals surface area contributed by atoms with Crippen molar-refractivity contribution < 1.29 is 4.42 Å². The van der Waals surface area contributed by atoms with Crippen molar-refractivity contribution in [2.75, 3.05) is 7.05 Å². The highest BCUT2D eigenvalue weighted by atomic mass is 16.4. The van der Waals surface area contributed by atoms with Crippen LogP contribution in [0.3, 0.4) is 0 Å². The van der Waals surface area contributed by atoms with Crippen LogP contribution in [0.15, 0.2) is 22.9 Å². The molecule has 0 spiro atoms. The summed E-state index contributed by atoms with van der Waals surface area (Å²) in [4.78, 5) is 10.5. The van der Waals surface area contributed by atoms with Crippen LogP contribution in [0.25, 0.3) is 5.78 Å². The van der Waals surface area contributed by atoms with Gasteiger partial charge in [-0.2, -0.15) is 4.98 Å². The van der Waals surface area contributed by atoms with Gasteiger partial charge in [-0.15, -0.1) is 15.3 Å². The molecule has 0 amide bonds. The maximum Gasteiger partial charge on any atom is 0.252 e. The fourth-order valence-corrected chi connectivity index (χ4v) is 1.77. The minimum absolute atomic E-state index is 0.559. The molecule has 0 N–H and O–H groups in total. The van der Waals surface area contributed by atoms with Gasteiger partial charge in [0.1, 0.15) is 0 Å². The minimum Gasteiger partial charge on any atom is -0.424 e. The molecule has 8 heteroatoms. The van der Waals surface area contributed by atoms with E-state index >= 15 is 0 Å². The number of nitrogens with zero attached hydrogens (tertiary/aromatic N) is 7. The molecule has 0 aromatic carbocycles. The highest BCUT2D eigenvalue weighted by Gasteiger charge is 2.10. The average Bonchev–Trinajstić information content (AvgIpc) is 2.94. The van der Waals surface area contributed by atoms with Crippen molar-refractivity contribution in [3.05, 3.63) is 36.1 Å². The third-order valence-electron chi connectivity index (χ3n) is 2.54. The van der Waals surface area contributed by atoms with Crippen LogP contribution in [0.2, 0.25) is 0 Å². The topological polar surface area (TPSA) is 85.2 Å². The van der Waals surface area contributed by atoms with Gasteiger partial charge in [-0.1, -0.05) is 0 Å². The van der Waals surface area contributed by atoms with Crippen LogP contribution in [0.5, 0.6) is 0 Å². The molecule has 3 heterocycles. The van der Waals surface area contributed by atoms with Crippen molar-refractivity contribution in [2.45, 2.75) is 20.0 Å². The molecule has 0 saturated carbocycles. The van der Waals surface area contributed by atoms with Crippen molar-refractivity contribution in [1.82, 2.24) is 34.7 Å². The molecule has 3 aromatic rings. The van der Waals surface area contributed by atoms with Crippen molar-refractivity contribution in [3.63, 3.8) is 0 Å². The molecular weight excluding hydrogens is 246 g/mol. The summed E-state index contributed by atoms with van der Waals surface area (Å²) in [6.07, 6.45) is 3.51. The fraction of sp³-hybridized carbons (Fsp3) is 0.364. The van der Waals surface area contributed by atoms with E-state index in [1.54, 1.807) is 17.6 Å². The van der Waals surface area contributed by atoms with Crippen LogP contribution in [-0.2, 0) is 13.1 Å². The second-order valence-corrected chi connectivity index (χ2v) is 4.28. The van der Waals surface area contributed by atoms with Crippen LogP contribution in [0.1, 0.15) is 17.6 Å². The third-order valence-corrected chi connectivity index (χ3v) is 2.54. The van der Waals surface area contributed by atoms with Gasteiger partial charge in [0, 0.05) is 19.3 Å². The van der Waals surface area contributed by atoms with Gasteiger partial charge in [0.15, 0.2) is 5.82 Å². The molecule has 3 rings (SSSR count). The standard InChI is InChI=1S/C11H13N7O/c1-8-14-15-10(19-8)7-17(2)6-9-13-11-12-4-3-5-18(11)16-9/h3-5H,6-7H2,1-2H3. The first kappa shape index (κ1) is 11.7. The molecule has 0 atom stereocenters. The van der Waals surface area contributed by atoms with E-state index < -0.39 is 0 Å². The molecule has 3 aromatic heterocycles. The molecule has 0 aliphatic carbocycles. The Balaban J connectivity index is 1.70. The number of hydrogen-bond acceptors (Lipinski definition) is 7. The maximum absolute atomic E-state index is 5.33. The largest absolute Gasteiger partial charge is 0.424 e. The predicted octanol–water partition coefficient (Wildman–Crippen LogP) is 0.448. The normalized spacial score (nSPS) is 11.5. The summed E-state index contributed by atoms with van der Waals surface area (Å²) in [6, 6.07) is 1.82. The van der Waals surface area contributed by atoms with Gasteiger partial charge in [-0.05, 0) is 13.1 Å². The fourth-order valence-electron chi connectivity index (χ4n) is 1.77. The highest BCUT2D eigenvalue weighted by Crippen LogP contribution is 2.05. The van der Waals surface area contributed by atoms with Gasteiger partial charge in [0.05, 0.1) is 13.1 Å². The summed E-state index contributed by atoms with van der Waals surface area (Å²) >= 11 is 0. The number of hydrogen-bond donors (Lipinski definition) is 0. The molecule has 0 unspecified atom stereocenters. The molecule has 0 aliphatic heterocycles. The monoisotopic (exact) mass is 259 g/mol. The summed E-state index contributed by atoms with van der Waals surface area (Å²) in [5.74, 6) is 2.46. The van der Waals surface area contributed by atoms with Crippen LogP contribution in [-0.4, -0.2) is 41.7 Å². The summed E-state index contributed by atoms with van der Waals surface area (Å²) in [6.45, 7) is 2.92. The first-order valence-electron chi connectivity index (χ1n) is 5.84. The maximum atomic E-state index is 5.33. The van der Waals surface area contributed by atoms with Crippen molar-refractivity contribution in [2.24, 2.45) is 0 Å². The third kappa shape index (κ3) is 2.58. The first-order valence-corrected chi connectivity index (χ1v) is 5.84. The summed E-state index contributed by atoms with van der Waals surface area (Å²) in [7, 11) is 1.94. The van der Waals surface area contributed by atoms with Crippen molar-refractivity contribution in [3.8, 4) is 0 Å². The van der Waals surface area contributed by atoms with E-state index in [1.165, 1.54) is 0 Å². The first-order chi connectivity index (χ1) is 9.20. The predicted molar refractivity (Wildman–Crippen MR) is 65.0 cm³/mol. The smallest absolute Gasteiger partial charge is 0.252 e. The molecule has 0 bridgehead atoms. The van der Waals surface area contributed by atoms with E-state index in [0.717, 1.165) is 0 Å². The lowest BCUT2D eigenvalue weighted by atomic mass is 10.5. The minimum atomic E-state index is 0.559. The Morgan fingerprint density at radius 3 is 2.95 bits per heavy atom. The Morgan fingerprint density at radius 2 is 2.21 bits per heavy atom. The van der Waals surface area contributed by atoms with E-state index in [4.69, 9.17) is 4.42 Å². The van der Waals surface area contributed by atoms with E-state index in [1.807, 2.05) is 24.2 Å². The van der Waals surface area contributed by atoms with Crippen LogP contribution >= 0.6 is 0 Å².